The van der Waals surface area contributed by atoms with Crippen molar-refractivity contribution in [2.45, 2.75) is 32.3 Å². The summed E-state index contributed by atoms with van der Waals surface area (Å²) >= 11 is 3.29. The number of halogens is 1. The molecule has 1 aliphatic carbocycles. The summed E-state index contributed by atoms with van der Waals surface area (Å²) in [6.07, 6.45) is 3.98. The van der Waals surface area contributed by atoms with Gasteiger partial charge in [-0.25, -0.2) is 0 Å². The number of hydrogen-bond acceptors (Lipinski definition) is 2. The molecule has 13 heavy (non-hydrogen) atoms. The van der Waals surface area contributed by atoms with Gasteiger partial charge < -0.3 is 10.0 Å². The van der Waals surface area contributed by atoms with Gasteiger partial charge in [-0.3, -0.25) is 0 Å². The minimum absolute atomic E-state index is 0.208. The molecule has 3 heteroatoms. The highest BCUT2D eigenvalue weighted by Crippen LogP contribution is 2.26. The summed E-state index contributed by atoms with van der Waals surface area (Å²) in [6.45, 7) is 5.22. The zero-order valence-electron chi connectivity index (χ0n) is 8.38. The predicted octanol–water partition coefficient (Wildman–Crippen LogP) is 1.86. The van der Waals surface area contributed by atoms with Crippen LogP contribution in [0, 0.1) is 5.92 Å². The predicted molar refractivity (Wildman–Crippen MR) is 59.3 cm³/mol. The highest BCUT2D eigenvalue weighted by Gasteiger charge is 2.20. The van der Waals surface area contributed by atoms with Gasteiger partial charge in [0.1, 0.15) is 0 Å². The Bertz CT molecular complexity index is 132. The number of aliphatic hydroxyl groups excluding tert-OH is 1. The van der Waals surface area contributed by atoms with E-state index in [1.54, 1.807) is 0 Å². The molecule has 1 N–H and O–H groups in total. The second-order valence-corrected chi connectivity index (χ2v) is 4.60. The van der Waals surface area contributed by atoms with Gasteiger partial charge in [-0.15, -0.1) is 0 Å². The Kier molecular flexibility index (Phi) is 5.29. The van der Waals surface area contributed by atoms with E-state index in [-0.39, 0.29) is 6.10 Å². The molecule has 0 spiro atoms. The molecule has 1 saturated carbocycles. The van der Waals surface area contributed by atoms with E-state index in [0.717, 1.165) is 19.0 Å². The lowest BCUT2D eigenvalue weighted by atomic mass is 9.85. The molecule has 1 rings (SSSR count). The fraction of sp³-hybridized carbons (Fsp3) is 1.00. The summed E-state index contributed by atoms with van der Waals surface area (Å²) in [7, 11) is 0. The standard InChI is InChI=1S/C10H20BrNO/c1-2-12(8-10(13)6-11)7-9-4-3-5-9/h9-10,13H,2-8H2,1H3. The van der Waals surface area contributed by atoms with Gasteiger partial charge in [0, 0.05) is 18.4 Å². The molecule has 0 aliphatic heterocycles. The van der Waals surface area contributed by atoms with Crippen molar-refractivity contribution in [2.24, 2.45) is 5.92 Å². The van der Waals surface area contributed by atoms with Crippen molar-refractivity contribution in [1.29, 1.82) is 0 Å². The largest absolute Gasteiger partial charge is 0.391 e. The molecule has 1 aliphatic rings. The highest BCUT2D eigenvalue weighted by atomic mass is 79.9. The third-order valence-corrected chi connectivity index (χ3v) is 3.58. The Morgan fingerprint density at radius 2 is 2.23 bits per heavy atom. The van der Waals surface area contributed by atoms with Crippen LogP contribution in [0.5, 0.6) is 0 Å². The van der Waals surface area contributed by atoms with Crippen LogP contribution in [-0.2, 0) is 0 Å². The van der Waals surface area contributed by atoms with Crippen LogP contribution in [-0.4, -0.2) is 41.1 Å². The van der Waals surface area contributed by atoms with E-state index >= 15 is 0 Å². The summed E-state index contributed by atoms with van der Waals surface area (Å²) in [5.41, 5.74) is 0. The van der Waals surface area contributed by atoms with Gasteiger partial charge >= 0.3 is 0 Å². The van der Waals surface area contributed by atoms with Crippen LogP contribution >= 0.6 is 15.9 Å². The molecule has 0 aromatic carbocycles. The first-order valence-electron chi connectivity index (χ1n) is 5.22. The first-order valence-corrected chi connectivity index (χ1v) is 6.34. The molecule has 2 nitrogen and oxygen atoms in total. The smallest absolute Gasteiger partial charge is 0.0763 e. The Hall–Kier alpha value is 0.400. The van der Waals surface area contributed by atoms with Gasteiger partial charge in [0.15, 0.2) is 0 Å². The molecule has 1 unspecified atom stereocenters. The normalized spacial score (nSPS) is 20.3. The van der Waals surface area contributed by atoms with Crippen LogP contribution in [0.4, 0.5) is 0 Å². The number of aliphatic hydroxyl groups is 1. The van der Waals surface area contributed by atoms with Crippen molar-refractivity contribution in [1.82, 2.24) is 4.90 Å². The van der Waals surface area contributed by atoms with Crippen molar-refractivity contribution < 1.29 is 5.11 Å². The molecule has 1 fully saturated rings. The zero-order valence-corrected chi connectivity index (χ0v) is 9.96. The molecule has 0 aromatic heterocycles. The van der Waals surface area contributed by atoms with Gasteiger partial charge in [0.2, 0.25) is 0 Å². The van der Waals surface area contributed by atoms with Gasteiger partial charge in [-0.05, 0) is 25.3 Å². The summed E-state index contributed by atoms with van der Waals surface area (Å²) in [4.78, 5) is 2.36. The van der Waals surface area contributed by atoms with E-state index in [9.17, 15) is 5.11 Å². The Labute approximate surface area is 89.4 Å². The van der Waals surface area contributed by atoms with E-state index < -0.39 is 0 Å². The fourth-order valence-electron chi connectivity index (χ4n) is 1.72. The quantitative estimate of drug-likeness (QED) is 0.727. The lowest BCUT2D eigenvalue weighted by Gasteiger charge is -2.32. The first-order chi connectivity index (χ1) is 6.26. The number of hydrogen-bond donors (Lipinski definition) is 1. The molecule has 0 amide bonds. The van der Waals surface area contributed by atoms with E-state index in [2.05, 4.69) is 27.8 Å². The molecule has 78 valence electrons. The summed E-state index contributed by atoms with van der Waals surface area (Å²) in [6, 6.07) is 0. The third kappa shape index (κ3) is 3.96. The lowest BCUT2D eigenvalue weighted by molar-refractivity contribution is 0.108. The Morgan fingerprint density at radius 1 is 1.54 bits per heavy atom. The van der Waals surface area contributed by atoms with Crippen LogP contribution in [0.1, 0.15) is 26.2 Å². The third-order valence-electron chi connectivity index (χ3n) is 2.84. The van der Waals surface area contributed by atoms with Crippen molar-refractivity contribution in [3.8, 4) is 0 Å². The topological polar surface area (TPSA) is 23.5 Å². The maximum atomic E-state index is 9.47. The second-order valence-electron chi connectivity index (χ2n) is 3.96. The SMILES string of the molecule is CCN(CC(O)CBr)CC1CCC1. The monoisotopic (exact) mass is 249 g/mol. The number of rotatable bonds is 6. The number of likely N-dealkylation sites (N-methyl/N-ethyl adjacent to an activating group) is 1. The highest BCUT2D eigenvalue weighted by molar-refractivity contribution is 9.09. The number of alkyl halides is 1. The van der Waals surface area contributed by atoms with Crippen LogP contribution in [0.15, 0.2) is 0 Å². The maximum absolute atomic E-state index is 9.47. The summed E-state index contributed by atoms with van der Waals surface area (Å²) in [5, 5.41) is 10.2. The van der Waals surface area contributed by atoms with Crippen LogP contribution in [0.25, 0.3) is 0 Å². The molecule has 1 atom stereocenters. The van der Waals surface area contributed by atoms with Gasteiger partial charge in [-0.1, -0.05) is 29.3 Å². The van der Waals surface area contributed by atoms with Crippen LogP contribution < -0.4 is 0 Å². The van der Waals surface area contributed by atoms with Crippen molar-refractivity contribution >= 4 is 15.9 Å². The molecular weight excluding hydrogens is 230 g/mol. The lowest BCUT2D eigenvalue weighted by Crippen LogP contribution is -2.38. The van der Waals surface area contributed by atoms with Crippen LogP contribution in [0.2, 0.25) is 0 Å². The van der Waals surface area contributed by atoms with E-state index in [1.807, 2.05) is 0 Å². The molecule has 0 bridgehead atoms. The Balaban J connectivity index is 2.16. The minimum Gasteiger partial charge on any atom is -0.391 e. The molecule has 0 saturated heterocycles. The molecule has 0 heterocycles. The van der Waals surface area contributed by atoms with Crippen molar-refractivity contribution in [2.75, 3.05) is 25.0 Å². The first kappa shape index (κ1) is 11.5. The van der Waals surface area contributed by atoms with Gasteiger partial charge in [-0.2, -0.15) is 0 Å². The van der Waals surface area contributed by atoms with E-state index in [0.29, 0.717) is 5.33 Å². The fourth-order valence-corrected chi connectivity index (χ4v) is 1.92. The van der Waals surface area contributed by atoms with Gasteiger partial charge in [0.25, 0.3) is 0 Å². The van der Waals surface area contributed by atoms with Crippen LogP contribution in [0.3, 0.4) is 0 Å². The van der Waals surface area contributed by atoms with Crippen molar-refractivity contribution in [3.05, 3.63) is 0 Å². The van der Waals surface area contributed by atoms with Gasteiger partial charge in [0.05, 0.1) is 6.10 Å². The average Bonchev–Trinajstić information content (AvgIpc) is 2.08. The zero-order chi connectivity index (χ0) is 9.68. The summed E-state index contributed by atoms with van der Waals surface area (Å²) < 4.78 is 0. The molecule has 0 aromatic rings. The van der Waals surface area contributed by atoms with E-state index in [1.165, 1.54) is 25.8 Å². The summed E-state index contributed by atoms with van der Waals surface area (Å²) in [5.74, 6) is 0.905. The maximum Gasteiger partial charge on any atom is 0.0763 e. The molecule has 0 radical (unpaired) electrons. The Morgan fingerprint density at radius 3 is 2.62 bits per heavy atom. The average molecular weight is 250 g/mol. The number of nitrogens with zero attached hydrogens (tertiary/aromatic N) is 1. The van der Waals surface area contributed by atoms with Crippen molar-refractivity contribution in [3.63, 3.8) is 0 Å². The van der Waals surface area contributed by atoms with E-state index in [4.69, 9.17) is 0 Å². The molecular formula is C10H20BrNO. The minimum atomic E-state index is -0.208. The second kappa shape index (κ2) is 5.99.